The second-order valence-corrected chi connectivity index (χ2v) is 5.11. The van der Waals surface area contributed by atoms with Gasteiger partial charge in [0.15, 0.2) is 5.84 Å². The molecule has 1 amide bonds. The van der Waals surface area contributed by atoms with E-state index in [9.17, 15) is 9.90 Å². The van der Waals surface area contributed by atoms with Crippen LogP contribution in [0.15, 0.2) is 23.4 Å². The summed E-state index contributed by atoms with van der Waals surface area (Å²) >= 11 is 0. The third-order valence-corrected chi connectivity index (χ3v) is 3.86. The van der Waals surface area contributed by atoms with E-state index in [4.69, 9.17) is 15.7 Å². The minimum Gasteiger partial charge on any atom is -0.507 e. The summed E-state index contributed by atoms with van der Waals surface area (Å²) in [5.41, 5.74) is 5.00. The van der Waals surface area contributed by atoms with Crippen molar-refractivity contribution in [2.45, 2.75) is 31.2 Å². The summed E-state index contributed by atoms with van der Waals surface area (Å²) in [7, 11) is 1.47. The SMILES string of the molecule is COc1ccc(C(=O)NC2(/C(N)=N/O)CCCC2)c(O)c1. The Morgan fingerprint density at radius 3 is 2.62 bits per heavy atom. The molecule has 0 radical (unpaired) electrons. The molecule has 7 nitrogen and oxygen atoms in total. The number of benzene rings is 1. The second-order valence-electron chi connectivity index (χ2n) is 5.11. The van der Waals surface area contributed by atoms with Crippen LogP contribution >= 0.6 is 0 Å². The molecule has 0 unspecified atom stereocenters. The summed E-state index contributed by atoms with van der Waals surface area (Å²) < 4.78 is 4.97. The van der Waals surface area contributed by atoms with Crippen molar-refractivity contribution in [1.29, 1.82) is 0 Å². The number of amidine groups is 1. The third kappa shape index (κ3) is 2.86. The van der Waals surface area contributed by atoms with E-state index in [2.05, 4.69) is 10.5 Å². The normalized spacial score (nSPS) is 17.5. The summed E-state index contributed by atoms with van der Waals surface area (Å²) in [6.45, 7) is 0. The Labute approximate surface area is 122 Å². The molecule has 2 rings (SSSR count). The number of nitrogens with one attached hydrogen (secondary N) is 1. The van der Waals surface area contributed by atoms with Gasteiger partial charge in [-0.1, -0.05) is 18.0 Å². The Morgan fingerprint density at radius 2 is 2.10 bits per heavy atom. The Kier molecular flexibility index (Phi) is 4.21. The Morgan fingerprint density at radius 1 is 1.43 bits per heavy atom. The van der Waals surface area contributed by atoms with Gasteiger partial charge in [-0.2, -0.15) is 0 Å². The highest BCUT2D eigenvalue weighted by molar-refractivity contribution is 6.02. The molecular formula is C14H19N3O4. The molecule has 1 aromatic carbocycles. The van der Waals surface area contributed by atoms with Crippen LogP contribution in [0.3, 0.4) is 0 Å². The first-order chi connectivity index (χ1) is 10.0. The summed E-state index contributed by atoms with van der Waals surface area (Å²) in [5.74, 6) is -0.208. The van der Waals surface area contributed by atoms with Gasteiger partial charge in [-0.25, -0.2) is 0 Å². The zero-order valence-corrected chi connectivity index (χ0v) is 11.8. The number of ether oxygens (including phenoxy) is 1. The number of hydrogen-bond donors (Lipinski definition) is 4. The third-order valence-electron chi connectivity index (χ3n) is 3.86. The number of methoxy groups -OCH3 is 1. The van der Waals surface area contributed by atoms with Gasteiger partial charge in [0, 0.05) is 6.07 Å². The quantitative estimate of drug-likeness (QED) is 0.288. The molecule has 0 saturated heterocycles. The molecule has 7 heteroatoms. The van der Waals surface area contributed by atoms with E-state index in [0.29, 0.717) is 18.6 Å². The largest absolute Gasteiger partial charge is 0.507 e. The molecule has 1 aliphatic carbocycles. The Bertz CT molecular complexity index is 565. The molecule has 0 spiro atoms. The first-order valence-corrected chi connectivity index (χ1v) is 6.70. The number of phenols is 1. The number of nitrogens with two attached hydrogens (primary N) is 1. The van der Waals surface area contributed by atoms with Crippen molar-refractivity contribution in [3.63, 3.8) is 0 Å². The van der Waals surface area contributed by atoms with Crippen molar-refractivity contribution in [3.8, 4) is 11.5 Å². The van der Waals surface area contributed by atoms with E-state index in [0.717, 1.165) is 12.8 Å². The van der Waals surface area contributed by atoms with Crippen molar-refractivity contribution in [1.82, 2.24) is 5.32 Å². The molecular weight excluding hydrogens is 274 g/mol. The molecule has 114 valence electrons. The van der Waals surface area contributed by atoms with Crippen molar-refractivity contribution in [3.05, 3.63) is 23.8 Å². The van der Waals surface area contributed by atoms with E-state index in [1.54, 1.807) is 6.07 Å². The molecule has 1 aromatic rings. The van der Waals surface area contributed by atoms with Crippen LogP contribution in [0.2, 0.25) is 0 Å². The molecule has 21 heavy (non-hydrogen) atoms. The van der Waals surface area contributed by atoms with Gasteiger partial charge in [-0.15, -0.1) is 0 Å². The summed E-state index contributed by atoms with van der Waals surface area (Å²) in [6.07, 6.45) is 2.97. The number of aromatic hydroxyl groups is 1. The maximum absolute atomic E-state index is 12.3. The highest BCUT2D eigenvalue weighted by atomic mass is 16.5. The minimum atomic E-state index is -0.849. The van der Waals surface area contributed by atoms with Crippen LogP contribution in [0.4, 0.5) is 0 Å². The minimum absolute atomic E-state index is 0.0126. The molecule has 1 aliphatic rings. The topological polar surface area (TPSA) is 117 Å². The average Bonchev–Trinajstić information content (AvgIpc) is 2.95. The standard InChI is InChI=1S/C14H19N3O4/c1-21-9-4-5-10(11(18)8-9)12(19)16-14(13(15)17-20)6-2-3-7-14/h4-5,8,18,20H,2-3,6-7H2,1H3,(H2,15,17)(H,16,19). The van der Waals surface area contributed by atoms with Gasteiger partial charge in [0.1, 0.15) is 17.0 Å². The number of carbonyl (C=O) groups is 1. The molecule has 0 aromatic heterocycles. The zero-order chi connectivity index (χ0) is 15.5. The van der Waals surface area contributed by atoms with Crippen LogP contribution in [0, 0.1) is 0 Å². The van der Waals surface area contributed by atoms with Crippen LogP contribution in [0.1, 0.15) is 36.0 Å². The maximum atomic E-state index is 12.3. The monoisotopic (exact) mass is 293 g/mol. The lowest BCUT2D eigenvalue weighted by atomic mass is 9.95. The van der Waals surface area contributed by atoms with Crippen molar-refractivity contribution in [2.24, 2.45) is 10.9 Å². The fraction of sp³-hybridized carbons (Fsp3) is 0.429. The summed E-state index contributed by atoms with van der Waals surface area (Å²) in [4.78, 5) is 12.3. The number of hydrogen-bond acceptors (Lipinski definition) is 5. The fourth-order valence-electron chi connectivity index (χ4n) is 2.63. The molecule has 1 fully saturated rings. The number of nitrogens with zero attached hydrogens (tertiary/aromatic N) is 1. The van der Waals surface area contributed by atoms with E-state index >= 15 is 0 Å². The lowest BCUT2D eigenvalue weighted by Gasteiger charge is -2.28. The number of carbonyl (C=O) groups excluding carboxylic acids is 1. The number of phenolic OH excluding ortho intramolecular Hbond substituents is 1. The zero-order valence-electron chi connectivity index (χ0n) is 11.8. The van der Waals surface area contributed by atoms with Crippen LogP contribution in [-0.4, -0.2) is 34.7 Å². The lowest BCUT2D eigenvalue weighted by molar-refractivity contribution is 0.0920. The first kappa shape index (κ1) is 15.0. The van der Waals surface area contributed by atoms with E-state index in [1.165, 1.54) is 19.2 Å². The van der Waals surface area contributed by atoms with E-state index in [-0.39, 0.29) is 17.1 Å². The molecule has 0 atom stereocenters. The lowest BCUT2D eigenvalue weighted by Crippen LogP contribution is -2.55. The van der Waals surface area contributed by atoms with Gasteiger partial charge < -0.3 is 26.1 Å². The van der Waals surface area contributed by atoms with E-state index in [1.807, 2.05) is 0 Å². The smallest absolute Gasteiger partial charge is 0.255 e. The second kappa shape index (κ2) is 5.90. The van der Waals surface area contributed by atoms with Crippen LogP contribution in [0.5, 0.6) is 11.5 Å². The van der Waals surface area contributed by atoms with E-state index < -0.39 is 11.4 Å². The predicted molar refractivity (Wildman–Crippen MR) is 76.7 cm³/mol. The van der Waals surface area contributed by atoms with Gasteiger partial charge in [0.05, 0.1) is 12.7 Å². The molecule has 5 N–H and O–H groups in total. The van der Waals surface area contributed by atoms with Gasteiger partial charge in [0.25, 0.3) is 5.91 Å². The van der Waals surface area contributed by atoms with Crippen molar-refractivity contribution in [2.75, 3.05) is 7.11 Å². The summed E-state index contributed by atoms with van der Waals surface area (Å²) in [6, 6.07) is 4.41. The van der Waals surface area contributed by atoms with Crippen LogP contribution < -0.4 is 15.8 Å². The maximum Gasteiger partial charge on any atom is 0.255 e. The summed E-state index contributed by atoms with van der Waals surface area (Å²) in [5, 5.41) is 24.6. The van der Waals surface area contributed by atoms with Crippen molar-refractivity contribution < 1.29 is 19.8 Å². The van der Waals surface area contributed by atoms with Gasteiger partial charge in [-0.05, 0) is 25.0 Å². The highest BCUT2D eigenvalue weighted by Crippen LogP contribution is 2.31. The predicted octanol–water partition coefficient (Wildman–Crippen LogP) is 1.19. The Balaban J connectivity index is 2.24. The molecule has 0 aliphatic heterocycles. The Hall–Kier alpha value is -2.44. The fourth-order valence-corrected chi connectivity index (χ4v) is 2.63. The highest BCUT2D eigenvalue weighted by Gasteiger charge is 2.40. The number of oxime groups is 1. The number of rotatable bonds is 4. The molecule has 1 saturated carbocycles. The number of amides is 1. The van der Waals surface area contributed by atoms with Gasteiger partial charge in [0.2, 0.25) is 0 Å². The van der Waals surface area contributed by atoms with Gasteiger partial charge >= 0.3 is 0 Å². The molecule has 0 heterocycles. The molecule has 0 bridgehead atoms. The van der Waals surface area contributed by atoms with Crippen LogP contribution in [0.25, 0.3) is 0 Å². The van der Waals surface area contributed by atoms with Gasteiger partial charge in [-0.3, -0.25) is 4.79 Å². The van der Waals surface area contributed by atoms with Crippen LogP contribution in [-0.2, 0) is 0 Å². The first-order valence-electron chi connectivity index (χ1n) is 6.70. The average molecular weight is 293 g/mol. The van der Waals surface area contributed by atoms with Crippen molar-refractivity contribution >= 4 is 11.7 Å².